The third kappa shape index (κ3) is 5.03. The molecule has 0 spiro atoms. The molecular formula is C18H18N4O2. The highest BCUT2D eigenvalue weighted by atomic mass is 16.3. The van der Waals surface area contributed by atoms with Gasteiger partial charge in [0.25, 0.3) is 0 Å². The molecule has 24 heavy (non-hydrogen) atoms. The Morgan fingerprint density at radius 1 is 0.750 bits per heavy atom. The summed E-state index contributed by atoms with van der Waals surface area (Å²) in [6, 6.07) is 13.8. The number of nitrogens with zero attached hydrogens (tertiary/aromatic N) is 2. The van der Waals surface area contributed by atoms with Gasteiger partial charge in [-0.3, -0.25) is 0 Å². The molecule has 0 saturated carbocycles. The quantitative estimate of drug-likeness (QED) is 0.384. The van der Waals surface area contributed by atoms with Gasteiger partial charge in [-0.05, 0) is 36.4 Å². The zero-order valence-electron chi connectivity index (χ0n) is 12.9. The summed E-state index contributed by atoms with van der Waals surface area (Å²) in [5.74, 6) is 0.138. The van der Waals surface area contributed by atoms with E-state index < -0.39 is 0 Å². The van der Waals surface area contributed by atoms with Gasteiger partial charge >= 0.3 is 0 Å². The molecule has 0 amide bonds. The zero-order valence-corrected chi connectivity index (χ0v) is 12.9. The van der Waals surface area contributed by atoms with E-state index in [1.54, 1.807) is 60.7 Å². The number of phenols is 2. The molecule has 122 valence electrons. The second-order valence-electron chi connectivity index (χ2n) is 4.83. The third-order valence-electron chi connectivity index (χ3n) is 3.02. The number of hydrogen-bond acceptors (Lipinski definition) is 4. The van der Waals surface area contributed by atoms with E-state index in [-0.39, 0.29) is 17.5 Å². The number of rotatable bonds is 5. The molecule has 6 nitrogen and oxygen atoms in total. The molecule has 2 rings (SSSR count). The maximum Gasteiger partial charge on any atom is 0.211 e. The number of hydrogen-bond donors (Lipinski definition) is 4. The molecule has 0 heterocycles. The molecule has 0 bridgehead atoms. The second-order valence-corrected chi connectivity index (χ2v) is 4.83. The number of allylic oxidation sites excluding steroid dienone is 2. The average molecular weight is 322 g/mol. The van der Waals surface area contributed by atoms with Gasteiger partial charge in [0.05, 0.1) is 5.71 Å². The molecule has 0 aliphatic heterocycles. The molecule has 0 aliphatic carbocycles. The molecule has 0 saturated heterocycles. The lowest BCUT2D eigenvalue weighted by Crippen LogP contribution is -2.22. The summed E-state index contributed by atoms with van der Waals surface area (Å²) in [5, 5.41) is 27.1. The van der Waals surface area contributed by atoms with Gasteiger partial charge in [0.15, 0.2) is 0 Å². The Morgan fingerprint density at radius 3 is 1.62 bits per heavy atom. The largest absolute Gasteiger partial charge is 0.507 e. The Kier molecular flexibility index (Phi) is 5.74. The van der Waals surface area contributed by atoms with Crippen molar-refractivity contribution >= 4 is 23.8 Å². The number of nitrogens with two attached hydrogens (primary N) is 2. The van der Waals surface area contributed by atoms with E-state index >= 15 is 0 Å². The monoisotopic (exact) mass is 322 g/mol. The van der Waals surface area contributed by atoms with Crippen molar-refractivity contribution in [2.75, 3.05) is 0 Å². The maximum absolute atomic E-state index is 9.78. The van der Waals surface area contributed by atoms with Crippen LogP contribution in [0.5, 0.6) is 11.5 Å². The number of aromatic hydroxyl groups is 2. The van der Waals surface area contributed by atoms with E-state index in [0.29, 0.717) is 16.8 Å². The van der Waals surface area contributed by atoms with Crippen molar-refractivity contribution in [2.45, 2.75) is 0 Å². The minimum atomic E-state index is -0.167. The molecule has 0 fully saturated rings. The Balaban J connectivity index is 2.29. The number of para-hydroxylation sites is 2. The Bertz CT molecular complexity index is 762. The van der Waals surface area contributed by atoms with Crippen LogP contribution in [0.15, 0.2) is 70.9 Å². The van der Waals surface area contributed by atoms with Crippen LogP contribution in [-0.4, -0.2) is 21.9 Å². The first-order chi connectivity index (χ1) is 11.6. The van der Waals surface area contributed by atoms with E-state index in [9.17, 15) is 10.2 Å². The van der Waals surface area contributed by atoms with Gasteiger partial charge in [-0.2, -0.15) is 0 Å². The van der Waals surface area contributed by atoms with Crippen LogP contribution in [0.4, 0.5) is 0 Å². The summed E-state index contributed by atoms with van der Waals surface area (Å²) in [6.07, 6.45) is 6.67. The lowest BCUT2D eigenvalue weighted by molar-refractivity contribution is 0.473. The summed E-state index contributed by atoms with van der Waals surface area (Å²) in [5.41, 5.74) is 12.3. The van der Waals surface area contributed by atoms with Crippen LogP contribution in [0.2, 0.25) is 0 Å². The van der Waals surface area contributed by atoms with Crippen LogP contribution in [0, 0.1) is 0 Å². The minimum Gasteiger partial charge on any atom is -0.507 e. The fraction of sp³-hybridized carbons (Fsp3) is 0. The predicted octanol–water partition coefficient (Wildman–Crippen LogP) is 2.45. The van der Waals surface area contributed by atoms with Gasteiger partial charge in [0.2, 0.25) is 5.96 Å². The molecule has 2 aromatic rings. The van der Waals surface area contributed by atoms with Gasteiger partial charge in [0.1, 0.15) is 11.5 Å². The van der Waals surface area contributed by atoms with Gasteiger partial charge in [-0.25, -0.2) is 0 Å². The molecular weight excluding hydrogens is 304 g/mol. The lowest BCUT2D eigenvalue weighted by Gasteiger charge is -1.99. The van der Waals surface area contributed by atoms with Crippen molar-refractivity contribution in [2.24, 2.45) is 21.7 Å². The Hall–Kier alpha value is -3.54. The minimum absolute atomic E-state index is 0.152. The smallest absolute Gasteiger partial charge is 0.211 e. The molecule has 0 unspecified atom stereocenters. The van der Waals surface area contributed by atoms with Crippen molar-refractivity contribution in [3.8, 4) is 11.5 Å². The highest BCUT2D eigenvalue weighted by Crippen LogP contribution is 2.18. The first-order valence-electron chi connectivity index (χ1n) is 7.15. The van der Waals surface area contributed by atoms with Crippen LogP contribution in [-0.2, 0) is 0 Å². The topological polar surface area (TPSA) is 117 Å². The first kappa shape index (κ1) is 16.8. The molecule has 0 aromatic heterocycles. The number of guanidine groups is 1. The molecule has 6 heteroatoms. The van der Waals surface area contributed by atoms with Crippen molar-refractivity contribution < 1.29 is 10.2 Å². The van der Waals surface area contributed by atoms with Crippen molar-refractivity contribution in [3.05, 3.63) is 71.8 Å². The van der Waals surface area contributed by atoms with Gasteiger partial charge in [0, 0.05) is 11.1 Å². The fourth-order valence-corrected chi connectivity index (χ4v) is 1.84. The van der Waals surface area contributed by atoms with Crippen LogP contribution >= 0.6 is 0 Å². The summed E-state index contributed by atoms with van der Waals surface area (Å²) in [6.45, 7) is 0. The van der Waals surface area contributed by atoms with E-state index in [1.807, 2.05) is 12.1 Å². The highest BCUT2D eigenvalue weighted by molar-refractivity contribution is 6.09. The summed E-state index contributed by atoms with van der Waals surface area (Å²) in [4.78, 5) is 0. The average Bonchev–Trinajstić information content (AvgIpc) is 2.56. The Morgan fingerprint density at radius 2 is 1.21 bits per heavy atom. The first-order valence-corrected chi connectivity index (χ1v) is 7.15. The van der Waals surface area contributed by atoms with E-state index in [1.165, 1.54) is 0 Å². The fourth-order valence-electron chi connectivity index (χ4n) is 1.84. The Labute approximate surface area is 139 Å². The summed E-state index contributed by atoms with van der Waals surface area (Å²) >= 11 is 0. The van der Waals surface area contributed by atoms with Crippen LogP contribution in [0.3, 0.4) is 0 Å². The van der Waals surface area contributed by atoms with E-state index in [4.69, 9.17) is 11.5 Å². The number of benzene rings is 2. The highest BCUT2D eigenvalue weighted by Gasteiger charge is 1.97. The van der Waals surface area contributed by atoms with Crippen LogP contribution in [0.1, 0.15) is 11.1 Å². The van der Waals surface area contributed by atoms with E-state index in [0.717, 1.165) is 0 Å². The number of phenolic OH excluding ortho intramolecular Hbond substituents is 2. The lowest BCUT2D eigenvalue weighted by atomic mass is 10.1. The standard InChI is InChI=1S/C18H18N4O2/c19-18(20)22-21-15(11-9-13-5-1-3-7-16(13)23)12-10-14-6-2-4-8-17(14)24/h1-12,23-24H,(H4,19,20,22). The predicted molar refractivity (Wildman–Crippen MR) is 97.5 cm³/mol. The molecule has 0 aliphatic rings. The second kappa shape index (κ2) is 8.19. The van der Waals surface area contributed by atoms with E-state index in [2.05, 4.69) is 10.2 Å². The summed E-state index contributed by atoms with van der Waals surface area (Å²) in [7, 11) is 0. The molecule has 0 radical (unpaired) electrons. The summed E-state index contributed by atoms with van der Waals surface area (Å²) < 4.78 is 0. The zero-order chi connectivity index (χ0) is 17.4. The molecule has 6 N–H and O–H groups in total. The van der Waals surface area contributed by atoms with Crippen molar-refractivity contribution in [1.29, 1.82) is 0 Å². The van der Waals surface area contributed by atoms with Crippen LogP contribution < -0.4 is 11.5 Å². The SMILES string of the molecule is NC(N)=NN=C(C=Cc1ccccc1O)C=Cc1ccccc1O. The maximum atomic E-state index is 9.78. The molecule has 2 aromatic carbocycles. The molecule has 0 atom stereocenters. The normalized spacial score (nSPS) is 10.8. The van der Waals surface area contributed by atoms with Gasteiger partial charge in [-0.15, -0.1) is 10.2 Å². The van der Waals surface area contributed by atoms with Gasteiger partial charge in [-0.1, -0.05) is 36.4 Å². The van der Waals surface area contributed by atoms with Gasteiger partial charge < -0.3 is 21.7 Å². The van der Waals surface area contributed by atoms with Crippen LogP contribution in [0.25, 0.3) is 12.2 Å². The third-order valence-corrected chi connectivity index (χ3v) is 3.02. The van der Waals surface area contributed by atoms with Crippen molar-refractivity contribution in [3.63, 3.8) is 0 Å². The van der Waals surface area contributed by atoms with Crippen molar-refractivity contribution in [1.82, 2.24) is 0 Å².